The lowest BCUT2D eigenvalue weighted by Crippen LogP contribution is -2.15. The van der Waals surface area contributed by atoms with Gasteiger partial charge in [0, 0.05) is 12.1 Å². The summed E-state index contributed by atoms with van der Waals surface area (Å²) in [5, 5.41) is 3.00. The maximum Gasteiger partial charge on any atom is 0.305 e. The number of amides is 1. The third-order valence-corrected chi connectivity index (χ3v) is 6.06. The van der Waals surface area contributed by atoms with Crippen LogP contribution in [0.5, 0.6) is 11.5 Å². The number of benzene rings is 3. The highest BCUT2D eigenvalue weighted by molar-refractivity contribution is 6.06. The molecule has 0 bridgehead atoms. The Hall–Kier alpha value is -3.80. The molecule has 3 rings (SSSR count). The molecule has 0 aromatic heterocycles. The van der Waals surface area contributed by atoms with E-state index in [0.717, 1.165) is 22.4 Å². The van der Waals surface area contributed by atoms with Gasteiger partial charge in [0.05, 0.1) is 18.8 Å². The van der Waals surface area contributed by atoms with Gasteiger partial charge >= 0.3 is 5.97 Å². The zero-order chi connectivity index (χ0) is 26.1. The molecular formula is C30H35NO5. The van der Waals surface area contributed by atoms with Gasteiger partial charge in [-0.1, -0.05) is 42.0 Å². The number of para-hydroxylation sites is 1. The first kappa shape index (κ1) is 26.8. The Morgan fingerprint density at radius 3 is 2.33 bits per heavy atom. The van der Waals surface area contributed by atoms with Crippen molar-refractivity contribution in [3.8, 4) is 11.5 Å². The van der Waals surface area contributed by atoms with Crippen LogP contribution in [-0.4, -0.2) is 25.1 Å². The second-order valence-electron chi connectivity index (χ2n) is 8.74. The number of hydrogen-bond acceptors (Lipinski definition) is 5. The van der Waals surface area contributed by atoms with Gasteiger partial charge in [-0.05, 0) is 82.0 Å². The smallest absolute Gasteiger partial charge is 0.305 e. The minimum Gasteiger partial charge on any atom is -0.493 e. The van der Waals surface area contributed by atoms with E-state index >= 15 is 0 Å². The average molecular weight is 490 g/mol. The van der Waals surface area contributed by atoms with Crippen LogP contribution in [0.1, 0.15) is 65.4 Å². The number of esters is 1. The second kappa shape index (κ2) is 12.8. The van der Waals surface area contributed by atoms with E-state index in [9.17, 15) is 9.59 Å². The number of nitrogens with one attached hydrogen (secondary N) is 1. The van der Waals surface area contributed by atoms with Crippen LogP contribution in [0.3, 0.4) is 0 Å². The van der Waals surface area contributed by atoms with Gasteiger partial charge in [-0.25, -0.2) is 0 Å². The minimum absolute atomic E-state index is 0.100. The Morgan fingerprint density at radius 2 is 1.61 bits per heavy atom. The monoisotopic (exact) mass is 489 g/mol. The van der Waals surface area contributed by atoms with Crippen molar-refractivity contribution in [2.75, 3.05) is 18.5 Å². The van der Waals surface area contributed by atoms with Gasteiger partial charge in [0.15, 0.2) is 0 Å². The van der Waals surface area contributed by atoms with Crippen molar-refractivity contribution in [1.82, 2.24) is 0 Å². The molecule has 6 heteroatoms. The molecule has 1 unspecified atom stereocenters. The highest BCUT2D eigenvalue weighted by atomic mass is 16.5. The van der Waals surface area contributed by atoms with E-state index in [-0.39, 0.29) is 24.4 Å². The Bertz CT molecular complexity index is 1190. The third-order valence-electron chi connectivity index (χ3n) is 6.06. The topological polar surface area (TPSA) is 73.9 Å². The number of hydrogen-bond donors (Lipinski definition) is 1. The zero-order valence-corrected chi connectivity index (χ0v) is 21.7. The lowest BCUT2D eigenvalue weighted by Gasteiger charge is -2.20. The van der Waals surface area contributed by atoms with Gasteiger partial charge in [0.2, 0.25) is 0 Å². The Morgan fingerprint density at radius 1 is 0.889 bits per heavy atom. The Labute approximate surface area is 213 Å². The average Bonchev–Trinajstić information content (AvgIpc) is 2.87. The molecule has 0 aliphatic heterocycles. The summed E-state index contributed by atoms with van der Waals surface area (Å²) in [6.45, 7) is 10.5. The fraction of sp³-hybridized carbons (Fsp3) is 0.333. The maximum atomic E-state index is 13.1. The molecule has 1 N–H and O–H groups in total. The molecule has 190 valence electrons. The van der Waals surface area contributed by atoms with Crippen LogP contribution in [0.4, 0.5) is 5.69 Å². The van der Waals surface area contributed by atoms with Gasteiger partial charge < -0.3 is 19.5 Å². The summed E-state index contributed by atoms with van der Waals surface area (Å²) in [7, 11) is 0. The fourth-order valence-corrected chi connectivity index (χ4v) is 3.76. The molecule has 0 spiro atoms. The number of carbonyl (C=O) groups is 2. The van der Waals surface area contributed by atoms with E-state index in [4.69, 9.17) is 14.2 Å². The molecule has 0 radical (unpaired) electrons. The highest BCUT2D eigenvalue weighted by Gasteiger charge is 2.16. The number of ether oxygens (including phenoxy) is 3. The lowest BCUT2D eigenvalue weighted by atomic mass is 10.1. The van der Waals surface area contributed by atoms with E-state index in [1.165, 1.54) is 5.56 Å². The predicted octanol–water partition coefficient (Wildman–Crippen LogP) is 6.73. The summed E-state index contributed by atoms with van der Waals surface area (Å²) in [4.78, 5) is 24.6. The number of aryl methyl sites for hydroxylation is 1. The molecule has 0 saturated heterocycles. The van der Waals surface area contributed by atoms with Gasteiger partial charge in [0.25, 0.3) is 5.91 Å². The molecule has 1 amide bonds. The quantitative estimate of drug-likeness (QED) is 0.239. The van der Waals surface area contributed by atoms with Gasteiger partial charge in [-0.15, -0.1) is 0 Å². The van der Waals surface area contributed by atoms with Crippen LogP contribution in [0.2, 0.25) is 0 Å². The van der Waals surface area contributed by atoms with Gasteiger partial charge in [-0.2, -0.15) is 0 Å². The summed E-state index contributed by atoms with van der Waals surface area (Å²) < 4.78 is 17.0. The highest BCUT2D eigenvalue weighted by Crippen LogP contribution is 2.32. The normalized spacial score (nSPS) is 11.5. The van der Waals surface area contributed by atoms with Crippen molar-refractivity contribution < 1.29 is 23.8 Å². The van der Waals surface area contributed by atoms with Crippen LogP contribution in [-0.2, 0) is 9.53 Å². The van der Waals surface area contributed by atoms with Crippen LogP contribution in [0.25, 0.3) is 0 Å². The molecule has 0 aliphatic rings. The SMILES string of the molecule is CCOC(=O)CCCOc1ccccc1C(=O)Nc1ccc(OC(C)c2ccc(C)cc2)c(C)c1C. The Kier molecular flexibility index (Phi) is 9.51. The molecule has 0 saturated carbocycles. The molecule has 6 nitrogen and oxygen atoms in total. The number of carbonyl (C=O) groups excluding carboxylic acids is 2. The first-order valence-electron chi connectivity index (χ1n) is 12.3. The molecule has 0 fully saturated rings. The van der Waals surface area contributed by atoms with E-state index in [0.29, 0.717) is 36.6 Å². The lowest BCUT2D eigenvalue weighted by molar-refractivity contribution is -0.143. The molecule has 0 aliphatic carbocycles. The molecule has 3 aromatic rings. The van der Waals surface area contributed by atoms with E-state index in [1.54, 1.807) is 25.1 Å². The molecular weight excluding hydrogens is 454 g/mol. The second-order valence-corrected chi connectivity index (χ2v) is 8.74. The molecule has 36 heavy (non-hydrogen) atoms. The van der Waals surface area contributed by atoms with Crippen LogP contribution < -0.4 is 14.8 Å². The van der Waals surface area contributed by atoms with Crippen LogP contribution in [0, 0.1) is 20.8 Å². The summed E-state index contributed by atoms with van der Waals surface area (Å²) in [6, 6.07) is 19.1. The van der Waals surface area contributed by atoms with E-state index in [1.807, 2.05) is 39.0 Å². The van der Waals surface area contributed by atoms with Crippen molar-refractivity contribution in [3.63, 3.8) is 0 Å². The summed E-state index contributed by atoms with van der Waals surface area (Å²) in [5.41, 5.74) is 5.36. The molecule has 3 aromatic carbocycles. The summed E-state index contributed by atoms with van der Waals surface area (Å²) >= 11 is 0. The van der Waals surface area contributed by atoms with Crippen molar-refractivity contribution in [1.29, 1.82) is 0 Å². The van der Waals surface area contributed by atoms with Crippen LogP contribution in [0.15, 0.2) is 60.7 Å². The first-order valence-corrected chi connectivity index (χ1v) is 12.3. The van der Waals surface area contributed by atoms with Gasteiger partial charge in [0.1, 0.15) is 17.6 Å². The molecule has 0 heterocycles. The van der Waals surface area contributed by atoms with Crippen molar-refractivity contribution in [2.45, 2.75) is 53.6 Å². The standard InChI is InChI=1S/C30H35NO5/c1-6-34-29(32)12-9-19-35-28-11-8-7-10-25(28)30(33)31-26-17-18-27(22(4)21(26)3)36-23(5)24-15-13-20(2)14-16-24/h7-8,10-11,13-18,23H,6,9,12,19H2,1-5H3,(H,31,33). The maximum absolute atomic E-state index is 13.1. The number of anilines is 1. The number of rotatable bonds is 11. The Balaban J connectivity index is 1.66. The predicted molar refractivity (Wildman–Crippen MR) is 142 cm³/mol. The van der Waals surface area contributed by atoms with E-state index < -0.39 is 0 Å². The van der Waals surface area contributed by atoms with Crippen molar-refractivity contribution >= 4 is 17.6 Å². The first-order chi connectivity index (χ1) is 17.3. The van der Waals surface area contributed by atoms with Crippen molar-refractivity contribution in [3.05, 3.63) is 88.5 Å². The van der Waals surface area contributed by atoms with Crippen molar-refractivity contribution in [2.24, 2.45) is 0 Å². The largest absolute Gasteiger partial charge is 0.493 e. The van der Waals surface area contributed by atoms with Crippen LogP contribution >= 0.6 is 0 Å². The third kappa shape index (κ3) is 7.11. The summed E-state index contributed by atoms with van der Waals surface area (Å²) in [5.74, 6) is 0.739. The fourth-order valence-electron chi connectivity index (χ4n) is 3.76. The molecule has 1 atom stereocenters. The van der Waals surface area contributed by atoms with E-state index in [2.05, 4.69) is 36.5 Å². The minimum atomic E-state index is -0.264. The zero-order valence-electron chi connectivity index (χ0n) is 21.7. The van der Waals surface area contributed by atoms with Gasteiger partial charge in [-0.3, -0.25) is 9.59 Å². The summed E-state index contributed by atoms with van der Waals surface area (Å²) in [6.07, 6.45) is 0.685.